The zero-order valence-electron chi connectivity index (χ0n) is 13.2. The lowest BCUT2D eigenvalue weighted by molar-refractivity contribution is -0.124. The van der Waals surface area contributed by atoms with Gasteiger partial charge in [-0.05, 0) is 52.5 Å². The Kier molecular flexibility index (Phi) is 5.81. The van der Waals surface area contributed by atoms with Gasteiger partial charge in [-0.3, -0.25) is 9.69 Å². The van der Waals surface area contributed by atoms with Crippen molar-refractivity contribution >= 4 is 5.91 Å². The van der Waals surface area contributed by atoms with Crippen LogP contribution in [0.4, 0.5) is 0 Å². The third kappa shape index (κ3) is 4.18. The van der Waals surface area contributed by atoms with Gasteiger partial charge in [-0.1, -0.05) is 13.8 Å². The summed E-state index contributed by atoms with van der Waals surface area (Å²) in [5.41, 5.74) is 5.00. The molecule has 4 atom stereocenters. The molecule has 4 nitrogen and oxygen atoms in total. The van der Waals surface area contributed by atoms with Gasteiger partial charge in [0.05, 0.1) is 5.54 Å². The molecule has 0 spiro atoms. The number of nitrogens with one attached hydrogen (secondary N) is 1. The third-order valence-electron chi connectivity index (χ3n) is 4.41. The van der Waals surface area contributed by atoms with Crippen LogP contribution in [0.2, 0.25) is 0 Å². The molecule has 4 heteroatoms. The van der Waals surface area contributed by atoms with Crippen molar-refractivity contribution in [2.24, 2.45) is 11.7 Å². The Hall–Kier alpha value is -0.610. The van der Waals surface area contributed by atoms with Crippen LogP contribution >= 0.6 is 0 Å². The number of rotatable bonds is 7. The van der Waals surface area contributed by atoms with Crippen LogP contribution in [0.15, 0.2) is 0 Å². The molecular formula is C15H31N3O. The van der Waals surface area contributed by atoms with E-state index in [2.05, 4.69) is 37.9 Å². The van der Waals surface area contributed by atoms with E-state index in [1.54, 1.807) is 0 Å². The van der Waals surface area contributed by atoms with Gasteiger partial charge in [0.25, 0.3) is 0 Å². The second-order valence-corrected chi connectivity index (χ2v) is 6.56. The average Bonchev–Trinajstić information content (AvgIpc) is 2.65. The Morgan fingerprint density at radius 2 is 2.16 bits per heavy atom. The van der Waals surface area contributed by atoms with Crippen LogP contribution < -0.4 is 11.1 Å². The SMILES string of the molecule is CCCNC(C)(CC(C)N1CC(C)CC1C)C(N)=O. The molecule has 1 heterocycles. The molecule has 19 heavy (non-hydrogen) atoms. The van der Waals surface area contributed by atoms with Crippen molar-refractivity contribution in [2.45, 2.75) is 71.5 Å². The summed E-state index contributed by atoms with van der Waals surface area (Å²) in [6.07, 6.45) is 3.04. The first kappa shape index (κ1) is 16.4. The highest BCUT2D eigenvalue weighted by Gasteiger charge is 2.37. The summed E-state index contributed by atoms with van der Waals surface area (Å²) in [5, 5.41) is 3.32. The molecule has 0 aromatic rings. The van der Waals surface area contributed by atoms with Crippen molar-refractivity contribution in [2.75, 3.05) is 13.1 Å². The van der Waals surface area contributed by atoms with E-state index < -0.39 is 5.54 Å². The zero-order chi connectivity index (χ0) is 14.6. The van der Waals surface area contributed by atoms with Gasteiger partial charge in [0.2, 0.25) is 5.91 Å². The second kappa shape index (κ2) is 6.71. The number of carbonyl (C=O) groups is 1. The number of nitrogens with zero attached hydrogens (tertiary/aromatic N) is 1. The van der Waals surface area contributed by atoms with Gasteiger partial charge in [-0.25, -0.2) is 0 Å². The molecule has 1 amide bonds. The number of hydrogen-bond donors (Lipinski definition) is 2. The molecule has 1 rings (SSSR count). The quantitative estimate of drug-likeness (QED) is 0.740. The van der Waals surface area contributed by atoms with E-state index in [-0.39, 0.29) is 5.91 Å². The molecule has 1 aliphatic rings. The van der Waals surface area contributed by atoms with Crippen molar-refractivity contribution < 1.29 is 4.79 Å². The molecule has 112 valence electrons. The van der Waals surface area contributed by atoms with Crippen LogP contribution in [0.1, 0.15) is 53.9 Å². The van der Waals surface area contributed by atoms with Gasteiger partial charge in [-0.2, -0.15) is 0 Å². The zero-order valence-corrected chi connectivity index (χ0v) is 13.2. The summed E-state index contributed by atoms with van der Waals surface area (Å²) in [7, 11) is 0. The summed E-state index contributed by atoms with van der Waals surface area (Å²) in [5.74, 6) is 0.508. The second-order valence-electron chi connectivity index (χ2n) is 6.56. The molecule has 0 bridgehead atoms. The highest BCUT2D eigenvalue weighted by atomic mass is 16.1. The first-order chi connectivity index (χ1) is 8.80. The van der Waals surface area contributed by atoms with Crippen molar-refractivity contribution in [3.63, 3.8) is 0 Å². The molecule has 0 radical (unpaired) electrons. The van der Waals surface area contributed by atoms with Crippen molar-refractivity contribution in [3.8, 4) is 0 Å². The van der Waals surface area contributed by atoms with Gasteiger partial charge in [0, 0.05) is 18.6 Å². The highest BCUT2D eigenvalue weighted by Crippen LogP contribution is 2.27. The van der Waals surface area contributed by atoms with Crippen LogP contribution in [0.3, 0.4) is 0 Å². The molecule has 1 saturated heterocycles. The summed E-state index contributed by atoms with van der Waals surface area (Å²) >= 11 is 0. The van der Waals surface area contributed by atoms with Gasteiger partial charge >= 0.3 is 0 Å². The largest absolute Gasteiger partial charge is 0.368 e. The van der Waals surface area contributed by atoms with Crippen molar-refractivity contribution in [1.29, 1.82) is 0 Å². The van der Waals surface area contributed by atoms with E-state index in [4.69, 9.17) is 5.73 Å². The number of carbonyl (C=O) groups excluding carboxylic acids is 1. The standard InChI is InChI=1S/C15H31N3O/c1-6-7-17-15(5,14(16)19)9-13(4)18-10-11(2)8-12(18)3/h11-13,17H,6-10H2,1-5H3,(H2,16,19). The minimum atomic E-state index is -0.596. The van der Waals surface area contributed by atoms with Crippen LogP contribution in [0.25, 0.3) is 0 Å². The topological polar surface area (TPSA) is 58.4 Å². The Morgan fingerprint density at radius 1 is 1.53 bits per heavy atom. The Bertz CT molecular complexity index is 308. The molecule has 1 aliphatic heterocycles. The van der Waals surface area contributed by atoms with Gasteiger partial charge in [-0.15, -0.1) is 0 Å². The molecule has 3 N–H and O–H groups in total. The maximum absolute atomic E-state index is 11.8. The van der Waals surface area contributed by atoms with Crippen molar-refractivity contribution in [1.82, 2.24) is 10.2 Å². The molecule has 4 unspecified atom stereocenters. The van der Waals surface area contributed by atoms with Crippen LogP contribution in [0, 0.1) is 5.92 Å². The van der Waals surface area contributed by atoms with Crippen LogP contribution in [0.5, 0.6) is 0 Å². The minimum Gasteiger partial charge on any atom is -0.368 e. The fourth-order valence-corrected chi connectivity index (χ4v) is 3.32. The van der Waals surface area contributed by atoms with Crippen LogP contribution in [-0.2, 0) is 4.79 Å². The van der Waals surface area contributed by atoms with E-state index in [0.29, 0.717) is 12.1 Å². The first-order valence-electron chi connectivity index (χ1n) is 7.60. The Labute approximate surface area is 118 Å². The minimum absolute atomic E-state index is 0.243. The lowest BCUT2D eigenvalue weighted by Crippen LogP contribution is -2.56. The third-order valence-corrected chi connectivity index (χ3v) is 4.41. The molecule has 0 saturated carbocycles. The van der Waals surface area contributed by atoms with Crippen molar-refractivity contribution in [3.05, 3.63) is 0 Å². The molecular weight excluding hydrogens is 238 g/mol. The summed E-state index contributed by atoms with van der Waals surface area (Å²) in [4.78, 5) is 14.3. The lowest BCUT2D eigenvalue weighted by Gasteiger charge is -2.36. The predicted octanol–water partition coefficient (Wildman–Crippen LogP) is 1.74. The number of nitrogens with two attached hydrogens (primary N) is 1. The van der Waals surface area contributed by atoms with E-state index in [1.165, 1.54) is 6.42 Å². The maximum Gasteiger partial charge on any atom is 0.237 e. The first-order valence-corrected chi connectivity index (χ1v) is 7.60. The summed E-state index contributed by atoms with van der Waals surface area (Å²) < 4.78 is 0. The lowest BCUT2D eigenvalue weighted by atomic mass is 9.91. The number of primary amides is 1. The van der Waals surface area contributed by atoms with E-state index in [0.717, 1.165) is 31.8 Å². The summed E-state index contributed by atoms with van der Waals surface area (Å²) in [6, 6.07) is 0.982. The predicted molar refractivity (Wildman–Crippen MR) is 79.9 cm³/mol. The fourth-order valence-electron chi connectivity index (χ4n) is 3.32. The van der Waals surface area contributed by atoms with E-state index in [1.807, 2.05) is 6.92 Å². The molecule has 1 fully saturated rings. The van der Waals surface area contributed by atoms with E-state index in [9.17, 15) is 4.79 Å². The van der Waals surface area contributed by atoms with E-state index >= 15 is 0 Å². The molecule has 0 aliphatic carbocycles. The molecule has 0 aromatic carbocycles. The number of amides is 1. The monoisotopic (exact) mass is 269 g/mol. The van der Waals surface area contributed by atoms with Crippen LogP contribution in [-0.4, -0.2) is 41.5 Å². The Morgan fingerprint density at radius 3 is 2.58 bits per heavy atom. The Balaban J connectivity index is 2.66. The normalized spacial score (nSPS) is 29.1. The smallest absolute Gasteiger partial charge is 0.237 e. The van der Waals surface area contributed by atoms with Gasteiger partial charge < -0.3 is 11.1 Å². The summed E-state index contributed by atoms with van der Waals surface area (Å²) in [6.45, 7) is 12.8. The fraction of sp³-hybridized carbons (Fsp3) is 0.933. The number of hydrogen-bond acceptors (Lipinski definition) is 3. The highest BCUT2D eigenvalue weighted by molar-refractivity contribution is 5.84. The molecule has 0 aromatic heterocycles. The van der Waals surface area contributed by atoms with Gasteiger partial charge in [0.1, 0.15) is 0 Å². The average molecular weight is 269 g/mol. The maximum atomic E-state index is 11.8. The van der Waals surface area contributed by atoms with Gasteiger partial charge in [0.15, 0.2) is 0 Å². The number of likely N-dealkylation sites (tertiary alicyclic amines) is 1.